The van der Waals surface area contributed by atoms with Crippen molar-refractivity contribution in [3.8, 4) is 0 Å². The number of carbonyl (C=O) groups excluding carboxylic acids is 2. The van der Waals surface area contributed by atoms with Crippen molar-refractivity contribution >= 4 is 45.0 Å². The Kier molecular flexibility index (Phi) is 3.47. The van der Waals surface area contributed by atoms with Gasteiger partial charge in [-0.1, -0.05) is 35.3 Å². The highest BCUT2D eigenvalue weighted by atomic mass is 35.5. The molecular formula is C14H7Cl2NO4S. The summed E-state index contributed by atoms with van der Waals surface area (Å²) >= 11 is 11.7. The van der Waals surface area contributed by atoms with Crippen LogP contribution in [0.5, 0.6) is 0 Å². The quantitative estimate of drug-likeness (QED) is 0.737. The minimum absolute atomic E-state index is 0.00774. The van der Waals surface area contributed by atoms with E-state index in [-0.39, 0.29) is 30.4 Å². The molecule has 1 aliphatic heterocycles. The number of sulfonamides is 1. The molecule has 0 saturated heterocycles. The van der Waals surface area contributed by atoms with Crippen LogP contribution in [0.3, 0.4) is 0 Å². The van der Waals surface area contributed by atoms with Crippen LogP contribution >= 0.6 is 23.2 Å². The third-order valence-corrected chi connectivity index (χ3v) is 5.45. The number of imide groups is 1. The SMILES string of the molecule is O=C(c1cc(Cl)ccc1Cl)N1C(=O)c2ccccc2S1(=O)=O. The summed E-state index contributed by atoms with van der Waals surface area (Å²) in [6.45, 7) is 0. The van der Waals surface area contributed by atoms with E-state index in [1.165, 1.54) is 42.5 Å². The fourth-order valence-corrected chi connectivity index (χ4v) is 4.04. The number of nitrogens with zero attached hydrogens (tertiary/aromatic N) is 1. The highest BCUT2D eigenvalue weighted by Crippen LogP contribution is 2.33. The van der Waals surface area contributed by atoms with Gasteiger partial charge in [-0.25, -0.2) is 8.42 Å². The molecule has 5 nitrogen and oxygen atoms in total. The molecule has 2 amide bonds. The van der Waals surface area contributed by atoms with Gasteiger partial charge in [-0.3, -0.25) is 9.59 Å². The summed E-state index contributed by atoms with van der Waals surface area (Å²) in [6, 6.07) is 9.65. The van der Waals surface area contributed by atoms with Crippen LogP contribution in [-0.2, 0) is 10.0 Å². The van der Waals surface area contributed by atoms with E-state index in [1.807, 2.05) is 0 Å². The van der Waals surface area contributed by atoms with Crippen LogP contribution in [0.4, 0.5) is 0 Å². The molecule has 112 valence electrons. The normalized spacial score (nSPS) is 15.7. The van der Waals surface area contributed by atoms with Gasteiger partial charge in [0.2, 0.25) is 0 Å². The van der Waals surface area contributed by atoms with Crippen molar-refractivity contribution in [3.05, 3.63) is 63.6 Å². The molecule has 0 N–H and O–H groups in total. The van der Waals surface area contributed by atoms with E-state index in [9.17, 15) is 18.0 Å². The highest BCUT2D eigenvalue weighted by molar-refractivity contribution is 7.90. The Morgan fingerprint density at radius 2 is 1.73 bits per heavy atom. The molecule has 0 atom stereocenters. The van der Waals surface area contributed by atoms with Gasteiger partial charge in [0.15, 0.2) is 0 Å². The average molecular weight is 356 g/mol. The zero-order chi connectivity index (χ0) is 16.1. The number of halogens is 2. The van der Waals surface area contributed by atoms with E-state index in [2.05, 4.69) is 0 Å². The van der Waals surface area contributed by atoms with Crippen LogP contribution in [0.25, 0.3) is 0 Å². The van der Waals surface area contributed by atoms with Crippen LogP contribution < -0.4 is 0 Å². The number of benzene rings is 2. The van der Waals surface area contributed by atoms with Gasteiger partial charge >= 0.3 is 0 Å². The highest BCUT2D eigenvalue weighted by Gasteiger charge is 2.45. The van der Waals surface area contributed by atoms with Gasteiger partial charge in [0, 0.05) is 5.02 Å². The maximum absolute atomic E-state index is 12.5. The second-order valence-corrected chi connectivity index (χ2v) is 7.10. The Hall–Kier alpha value is -1.89. The molecule has 0 fully saturated rings. The summed E-state index contributed by atoms with van der Waals surface area (Å²) in [5, 5.41) is 0.211. The third-order valence-electron chi connectivity index (χ3n) is 3.16. The number of fused-ring (bicyclic) bond motifs is 1. The Balaban J connectivity index is 2.16. The number of carbonyl (C=O) groups is 2. The van der Waals surface area contributed by atoms with Crippen molar-refractivity contribution in [2.75, 3.05) is 0 Å². The molecule has 0 aliphatic carbocycles. The van der Waals surface area contributed by atoms with Crippen LogP contribution in [-0.4, -0.2) is 24.5 Å². The van der Waals surface area contributed by atoms with Crippen LogP contribution in [0.2, 0.25) is 10.0 Å². The molecular weight excluding hydrogens is 349 g/mol. The molecule has 0 aromatic heterocycles. The smallest absolute Gasteiger partial charge is 0.267 e. The van der Waals surface area contributed by atoms with Crippen molar-refractivity contribution in [3.63, 3.8) is 0 Å². The van der Waals surface area contributed by atoms with E-state index in [4.69, 9.17) is 23.2 Å². The van der Waals surface area contributed by atoms with Crippen molar-refractivity contribution < 1.29 is 18.0 Å². The summed E-state index contributed by atoms with van der Waals surface area (Å²) in [7, 11) is -4.24. The molecule has 3 rings (SSSR count). The third kappa shape index (κ3) is 2.11. The van der Waals surface area contributed by atoms with Gasteiger partial charge in [0.05, 0.1) is 16.1 Å². The van der Waals surface area contributed by atoms with E-state index < -0.39 is 21.8 Å². The molecule has 0 bridgehead atoms. The second kappa shape index (κ2) is 5.08. The minimum Gasteiger partial charge on any atom is -0.267 e. The Bertz CT molecular complexity index is 924. The lowest BCUT2D eigenvalue weighted by Gasteiger charge is -2.14. The Morgan fingerprint density at radius 1 is 1.05 bits per heavy atom. The number of rotatable bonds is 1. The van der Waals surface area contributed by atoms with Crippen molar-refractivity contribution in [2.45, 2.75) is 4.90 Å². The van der Waals surface area contributed by atoms with Crippen molar-refractivity contribution in [2.24, 2.45) is 0 Å². The second-order valence-electron chi connectivity index (χ2n) is 4.50. The molecule has 2 aromatic rings. The van der Waals surface area contributed by atoms with Gasteiger partial charge in [-0.05, 0) is 30.3 Å². The first-order valence-electron chi connectivity index (χ1n) is 6.02. The van der Waals surface area contributed by atoms with Gasteiger partial charge in [0.25, 0.3) is 21.8 Å². The first kappa shape index (κ1) is 15.0. The summed E-state index contributed by atoms with van der Waals surface area (Å²) < 4.78 is 25.0. The molecule has 0 radical (unpaired) electrons. The predicted molar refractivity (Wildman–Crippen MR) is 80.6 cm³/mol. The minimum atomic E-state index is -4.24. The summed E-state index contributed by atoms with van der Waals surface area (Å²) in [4.78, 5) is 24.6. The molecule has 22 heavy (non-hydrogen) atoms. The number of amides is 2. The largest absolute Gasteiger partial charge is 0.276 e. The lowest BCUT2D eigenvalue weighted by Crippen LogP contribution is -2.36. The van der Waals surface area contributed by atoms with Crippen LogP contribution in [0, 0.1) is 0 Å². The topological polar surface area (TPSA) is 71.5 Å². The van der Waals surface area contributed by atoms with E-state index in [0.717, 1.165) is 0 Å². The van der Waals surface area contributed by atoms with E-state index in [0.29, 0.717) is 0 Å². The molecule has 2 aromatic carbocycles. The van der Waals surface area contributed by atoms with Crippen LogP contribution in [0.15, 0.2) is 47.4 Å². The number of hydrogen-bond acceptors (Lipinski definition) is 4. The first-order chi connectivity index (χ1) is 10.3. The molecule has 8 heteroatoms. The van der Waals surface area contributed by atoms with Gasteiger partial charge < -0.3 is 0 Å². The van der Waals surface area contributed by atoms with Crippen LogP contribution in [0.1, 0.15) is 20.7 Å². The zero-order valence-corrected chi connectivity index (χ0v) is 13.1. The van der Waals surface area contributed by atoms with Gasteiger partial charge in [0.1, 0.15) is 4.90 Å². The van der Waals surface area contributed by atoms with Crippen molar-refractivity contribution in [1.82, 2.24) is 4.31 Å². The van der Waals surface area contributed by atoms with Gasteiger partial charge in [-0.2, -0.15) is 4.31 Å². The number of hydrogen-bond donors (Lipinski definition) is 0. The lowest BCUT2D eigenvalue weighted by atomic mass is 10.2. The molecule has 0 spiro atoms. The maximum atomic E-state index is 12.5. The fraction of sp³-hybridized carbons (Fsp3) is 0. The monoisotopic (exact) mass is 355 g/mol. The molecule has 0 unspecified atom stereocenters. The zero-order valence-electron chi connectivity index (χ0n) is 10.8. The van der Waals surface area contributed by atoms with Crippen molar-refractivity contribution in [1.29, 1.82) is 0 Å². The average Bonchev–Trinajstić information content (AvgIpc) is 2.69. The summed E-state index contributed by atoms with van der Waals surface area (Å²) in [6.07, 6.45) is 0. The Morgan fingerprint density at radius 3 is 2.41 bits per heavy atom. The molecule has 0 saturated carbocycles. The molecule has 1 heterocycles. The van der Waals surface area contributed by atoms with Gasteiger partial charge in [-0.15, -0.1) is 0 Å². The fourth-order valence-electron chi connectivity index (χ4n) is 2.16. The summed E-state index contributed by atoms with van der Waals surface area (Å²) in [5.41, 5.74) is -0.201. The maximum Gasteiger partial charge on any atom is 0.276 e. The standard InChI is InChI=1S/C14H7Cl2NO4S/c15-8-5-6-11(16)10(7-8)14(19)17-13(18)9-3-1-2-4-12(9)22(17,20)21/h1-7H. The molecule has 1 aliphatic rings. The lowest BCUT2D eigenvalue weighted by molar-refractivity contribution is 0.0740. The summed E-state index contributed by atoms with van der Waals surface area (Å²) in [5.74, 6) is -1.94. The Labute approximate surface area is 136 Å². The van der Waals surface area contributed by atoms with E-state index in [1.54, 1.807) is 0 Å². The first-order valence-corrected chi connectivity index (χ1v) is 8.21. The van der Waals surface area contributed by atoms with E-state index >= 15 is 0 Å². The predicted octanol–water partition coefficient (Wildman–Crippen LogP) is 2.98.